The summed E-state index contributed by atoms with van der Waals surface area (Å²) in [5.41, 5.74) is 3.01. The van der Waals surface area contributed by atoms with Crippen LogP contribution in [0.5, 0.6) is 0 Å². The molecule has 0 radical (unpaired) electrons. The lowest BCUT2D eigenvalue weighted by atomic mass is 9.97. The minimum atomic E-state index is 0.00228. The van der Waals surface area contributed by atoms with E-state index in [0.717, 1.165) is 29.3 Å². The Labute approximate surface area is 127 Å². The number of rotatable bonds is 5. The number of amides is 1. The van der Waals surface area contributed by atoms with Crippen LogP contribution in [0, 0.1) is 12.8 Å². The standard InChI is InChI=1S/C17H27N3O/c1-4-18-17(21)15-5-6-16(13(2)11-15)19-12-14-7-9-20(3)10-8-14/h5-6,11,14,19H,4,7-10,12H2,1-3H3,(H,18,21). The average molecular weight is 289 g/mol. The summed E-state index contributed by atoms with van der Waals surface area (Å²) < 4.78 is 0. The highest BCUT2D eigenvalue weighted by atomic mass is 16.1. The maximum Gasteiger partial charge on any atom is 0.251 e. The molecule has 1 fully saturated rings. The van der Waals surface area contributed by atoms with Crippen LogP contribution in [0.3, 0.4) is 0 Å². The van der Waals surface area contributed by atoms with Gasteiger partial charge in [0.1, 0.15) is 0 Å². The van der Waals surface area contributed by atoms with Gasteiger partial charge in [0.25, 0.3) is 5.91 Å². The first-order valence-corrected chi connectivity index (χ1v) is 7.91. The fourth-order valence-corrected chi connectivity index (χ4v) is 2.79. The lowest BCUT2D eigenvalue weighted by Gasteiger charge is -2.29. The number of carbonyl (C=O) groups is 1. The van der Waals surface area contributed by atoms with E-state index in [9.17, 15) is 4.79 Å². The number of nitrogens with zero attached hydrogens (tertiary/aromatic N) is 1. The molecule has 0 bridgehead atoms. The summed E-state index contributed by atoms with van der Waals surface area (Å²) in [6.07, 6.45) is 2.53. The van der Waals surface area contributed by atoms with Crippen LogP contribution < -0.4 is 10.6 Å². The van der Waals surface area contributed by atoms with Crippen molar-refractivity contribution in [2.45, 2.75) is 26.7 Å². The first-order valence-electron chi connectivity index (χ1n) is 7.91. The van der Waals surface area contributed by atoms with Crippen LogP contribution in [-0.4, -0.2) is 44.0 Å². The topological polar surface area (TPSA) is 44.4 Å². The van der Waals surface area contributed by atoms with E-state index in [1.54, 1.807) is 0 Å². The van der Waals surface area contributed by atoms with Crippen LogP contribution in [0.25, 0.3) is 0 Å². The summed E-state index contributed by atoms with van der Waals surface area (Å²) in [5.74, 6) is 0.756. The number of nitrogens with one attached hydrogen (secondary N) is 2. The molecule has 2 rings (SSSR count). The molecule has 0 spiro atoms. The Hall–Kier alpha value is -1.55. The molecule has 21 heavy (non-hydrogen) atoms. The van der Waals surface area contributed by atoms with Gasteiger partial charge in [-0.1, -0.05) is 0 Å². The van der Waals surface area contributed by atoms with Crippen molar-refractivity contribution >= 4 is 11.6 Å². The maximum atomic E-state index is 11.8. The fourth-order valence-electron chi connectivity index (χ4n) is 2.79. The van der Waals surface area contributed by atoms with Crippen molar-refractivity contribution in [3.63, 3.8) is 0 Å². The quantitative estimate of drug-likeness (QED) is 0.875. The molecule has 0 aliphatic carbocycles. The van der Waals surface area contributed by atoms with Crippen molar-refractivity contribution in [1.82, 2.24) is 10.2 Å². The second kappa shape index (κ2) is 7.46. The summed E-state index contributed by atoms with van der Waals surface area (Å²) in [5, 5.41) is 6.38. The van der Waals surface area contributed by atoms with Gasteiger partial charge in [-0.05, 0) is 76.5 Å². The van der Waals surface area contributed by atoms with Crippen LogP contribution in [0.1, 0.15) is 35.7 Å². The molecule has 1 aliphatic rings. The molecule has 1 aromatic rings. The third kappa shape index (κ3) is 4.46. The van der Waals surface area contributed by atoms with Gasteiger partial charge in [-0.25, -0.2) is 0 Å². The number of likely N-dealkylation sites (tertiary alicyclic amines) is 1. The van der Waals surface area contributed by atoms with Gasteiger partial charge < -0.3 is 15.5 Å². The summed E-state index contributed by atoms with van der Waals surface area (Å²) in [6, 6.07) is 5.88. The Balaban J connectivity index is 1.90. The first kappa shape index (κ1) is 15.8. The monoisotopic (exact) mass is 289 g/mol. The first-order chi connectivity index (χ1) is 10.1. The third-order valence-corrected chi connectivity index (χ3v) is 4.25. The zero-order chi connectivity index (χ0) is 15.2. The number of aryl methyl sites for hydroxylation is 1. The largest absolute Gasteiger partial charge is 0.385 e. The molecular weight excluding hydrogens is 262 g/mol. The molecule has 0 aromatic heterocycles. The number of hydrogen-bond donors (Lipinski definition) is 2. The van der Waals surface area contributed by atoms with Gasteiger partial charge in [-0.15, -0.1) is 0 Å². The van der Waals surface area contributed by atoms with E-state index in [1.165, 1.54) is 25.9 Å². The van der Waals surface area contributed by atoms with Gasteiger partial charge in [0.15, 0.2) is 0 Å². The molecule has 0 saturated carbocycles. The minimum absolute atomic E-state index is 0.00228. The summed E-state index contributed by atoms with van der Waals surface area (Å²) in [6.45, 7) is 8.06. The van der Waals surface area contributed by atoms with Gasteiger partial charge in [-0.3, -0.25) is 4.79 Å². The predicted octanol–water partition coefficient (Wildman–Crippen LogP) is 2.50. The number of benzene rings is 1. The SMILES string of the molecule is CCNC(=O)c1ccc(NCC2CCN(C)CC2)c(C)c1. The Bertz CT molecular complexity index is 479. The van der Waals surface area contributed by atoms with Crippen LogP contribution >= 0.6 is 0 Å². The Morgan fingerprint density at radius 1 is 1.33 bits per heavy atom. The molecule has 1 heterocycles. The lowest BCUT2D eigenvalue weighted by Crippen LogP contribution is -2.33. The number of piperidine rings is 1. The smallest absolute Gasteiger partial charge is 0.251 e. The van der Waals surface area contributed by atoms with Crippen molar-refractivity contribution in [3.05, 3.63) is 29.3 Å². The van der Waals surface area contributed by atoms with Crippen LogP contribution in [0.4, 0.5) is 5.69 Å². The fraction of sp³-hybridized carbons (Fsp3) is 0.588. The number of carbonyl (C=O) groups excluding carboxylic acids is 1. The van der Waals surface area contributed by atoms with Gasteiger partial charge >= 0.3 is 0 Å². The summed E-state index contributed by atoms with van der Waals surface area (Å²) in [7, 11) is 2.19. The maximum absolute atomic E-state index is 11.8. The highest BCUT2D eigenvalue weighted by Gasteiger charge is 2.16. The van der Waals surface area contributed by atoms with Crippen molar-refractivity contribution in [3.8, 4) is 0 Å². The van der Waals surface area contributed by atoms with E-state index in [2.05, 4.69) is 29.5 Å². The molecule has 4 nitrogen and oxygen atoms in total. The summed E-state index contributed by atoms with van der Waals surface area (Å²) in [4.78, 5) is 14.2. The van der Waals surface area contributed by atoms with Crippen LogP contribution in [0.15, 0.2) is 18.2 Å². The lowest BCUT2D eigenvalue weighted by molar-refractivity contribution is 0.0956. The molecule has 1 saturated heterocycles. The third-order valence-electron chi connectivity index (χ3n) is 4.25. The summed E-state index contributed by atoms with van der Waals surface area (Å²) >= 11 is 0. The van der Waals surface area contributed by atoms with E-state index in [-0.39, 0.29) is 5.91 Å². The highest BCUT2D eigenvalue weighted by Crippen LogP contribution is 2.20. The Morgan fingerprint density at radius 3 is 2.67 bits per heavy atom. The zero-order valence-corrected chi connectivity index (χ0v) is 13.4. The van der Waals surface area contributed by atoms with E-state index >= 15 is 0 Å². The zero-order valence-electron chi connectivity index (χ0n) is 13.4. The van der Waals surface area contributed by atoms with Crippen molar-refractivity contribution < 1.29 is 4.79 Å². The molecule has 1 aromatic carbocycles. The molecule has 1 amide bonds. The van der Waals surface area contributed by atoms with Gasteiger partial charge in [-0.2, -0.15) is 0 Å². The normalized spacial score (nSPS) is 16.7. The second-order valence-corrected chi connectivity index (χ2v) is 6.02. The van der Waals surface area contributed by atoms with E-state index in [4.69, 9.17) is 0 Å². The van der Waals surface area contributed by atoms with Crippen LogP contribution in [-0.2, 0) is 0 Å². The van der Waals surface area contributed by atoms with Gasteiger partial charge in [0.05, 0.1) is 0 Å². The second-order valence-electron chi connectivity index (χ2n) is 6.02. The van der Waals surface area contributed by atoms with Gasteiger partial charge in [0, 0.05) is 24.3 Å². The molecule has 116 valence electrons. The predicted molar refractivity (Wildman–Crippen MR) is 87.9 cm³/mol. The van der Waals surface area contributed by atoms with E-state index in [0.29, 0.717) is 6.54 Å². The Kier molecular flexibility index (Phi) is 5.62. The van der Waals surface area contributed by atoms with Crippen molar-refractivity contribution in [2.75, 3.05) is 38.5 Å². The van der Waals surface area contributed by atoms with E-state index < -0.39 is 0 Å². The van der Waals surface area contributed by atoms with Crippen LogP contribution in [0.2, 0.25) is 0 Å². The minimum Gasteiger partial charge on any atom is -0.385 e. The molecule has 0 unspecified atom stereocenters. The highest BCUT2D eigenvalue weighted by molar-refractivity contribution is 5.94. The number of anilines is 1. The number of hydrogen-bond acceptors (Lipinski definition) is 3. The molecule has 4 heteroatoms. The molecule has 1 aliphatic heterocycles. The van der Waals surface area contributed by atoms with Crippen molar-refractivity contribution in [2.24, 2.45) is 5.92 Å². The Morgan fingerprint density at radius 2 is 2.05 bits per heavy atom. The van der Waals surface area contributed by atoms with Crippen molar-refractivity contribution in [1.29, 1.82) is 0 Å². The average Bonchev–Trinajstić information content (AvgIpc) is 2.48. The van der Waals surface area contributed by atoms with Gasteiger partial charge in [0.2, 0.25) is 0 Å². The van der Waals surface area contributed by atoms with E-state index in [1.807, 2.05) is 25.1 Å². The molecule has 2 N–H and O–H groups in total. The molecular formula is C17H27N3O. The molecule has 0 atom stereocenters.